The second-order valence-corrected chi connectivity index (χ2v) is 5.67. The summed E-state index contributed by atoms with van der Waals surface area (Å²) < 4.78 is 5.05. The van der Waals surface area contributed by atoms with Gasteiger partial charge in [-0.3, -0.25) is 9.59 Å². The van der Waals surface area contributed by atoms with E-state index < -0.39 is 5.41 Å². The van der Waals surface area contributed by atoms with Gasteiger partial charge in [0.05, 0.1) is 11.1 Å². The maximum atomic E-state index is 12.6. The number of rotatable bonds is 2. The molecule has 1 aliphatic heterocycles. The largest absolute Gasteiger partial charge is 0.361 e. The van der Waals surface area contributed by atoms with Gasteiger partial charge in [0, 0.05) is 20.1 Å². The van der Waals surface area contributed by atoms with E-state index in [1.54, 1.807) is 25.8 Å². The van der Waals surface area contributed by atoms with Gasteiger partial charge in [-0.15, -0.1) is 0 Å². The first-order chi connectivity index (χ1) is 9.39. The molecule has 0 unspecified atom stereocenters. The number of piperidine rings is 1. The number of carbonyl (C=O) groups excluding carboxylic acids is 2. The maximum Gasteiger partial charge on any atom is 0.259 e. The average molecular weight is 279 g/mol. The van der Waals surface area contributed by atoms with Gasteiger partial charge in [-0.05, 0) is 33.6 Å². The van der Waals surface area contributed by atoms with E-state index in [4.69, 9.17) is 4.52 Å². The minimum absolute atomic E-state index is 0.0197. The Bertz CT molecular complexity index is 518. The molecular weight excluding hydrogens is 258 g/mol. The number of likely N-dealkylation sites (tertiary alicyclic amines) is 1. The highest BCUT2D eigenvalue weighted by Crippen LogP contribution is 2.31. The molecule has 1 aromatic heterocycles. The molecule has 2 amide bonds. The smallest absolute Gasteiger partial charge is 0.259 e. The Morgan fingerprint density at radius 1 is 1.40 bits per heavy atom. The summed E-state index contributed by atoms with van der Waals surface area (Å²) in [5.74, 6) is 0.407. The Balaban J connectivity index is 2.21. The lowest BCUT2D eigenvalue weighted by Gasteiger charge is -2.39. The van der Waals surface area contributed by atoms with Crippen LogP contribution in [0.1, 0.15) is 41.6 Å². The molecule has 0 spiro atoms. The Labute approximate surface area is 118 Å². The van der Waals surface area contributed by atoms with Gasteiger partial charge in [-0.1, -0.05) is 5.16 Å². The maximum absolute atomic E-state index is 12.6. The van der Waals surface area contributed by atoms with Crippen LogP contribution in [-0.2, 0) is 4.79 Å². The van der Waals surface area contributed by atoms with Crippen molar-refractivity contribution in [3.8, 4) is 0 Å². The van der Waals surface area contributed by atoms with Crippen molar-refractivity contribution in [2.45, 2.75) is 33.6 Å². The summed E-state index contributed by atoms with van der Waals surface area (Å²) in [6.45, 7) is 6.48. The van der Waals surface area contributed by atoms with Crippen molar-refractivity contribution in [2.24, 2.45) is 5.41 Å². The first-order valence-electron chi connectivity index (χ1n) is 6.83. The Kier molecular flexibility index (Phi) is 3.83. The average Bonchev–Trinajstić information content (AvgIpc) is 2.76. The van der Waals surface area contributed by atoms with Gasteiger partial charge < -0.3 is 14.7 Å². The fourth-order valence-corrected chi connectivity index (χ4v) is 2.85. The minimum atomic E-state index is -0.526. The number of nitrogens with one attached hydrogen (secondary N) is 1. The highest BCUT2D eigenvalue weighted by atomic mass is 16.5. The van der Waals surface area contributed by atoms with Crippen LogP contribution in [0.4, 0.5) is 0 Å². The third-order valence-corrected chi connectivity index (χ3v) is 4.01. The predicted octanol–water partition coefficient (Wildman–Crippen LogP) is 1.28. The van der Waals surface area contributed by atoms with Gasteiger partial charge in [0.15, 0.2) is 0 Å². The van der Waals surface area contributed by atoms with Crippen LogP contribution in [-0.4, -0.2) is 42.0 Å². The van der Waals surface area contributed by atoms with E-state index in [1.165, 1.54) is 0 Å². The van der Waals surface area contributed by atoms with E-state index in [1.807, 2.05) is 6.92 Å². The van der Waals surface area contributed by atoms with Gasteiger partial charge >= 0.3 is 0 Å². The molecule has 0 bridgehead atoms. The first kappa shape index (κ1) is 14.6. The highest BCUT2D eigenvalue weighted by Gasteiger charge is 2.39. The number of aromatic nitrogens is 1. The van der Waals surface area contributed by atoms with Crippen molar-refractivity contribution in [3.05, 3.63) is 17.0 Å². The molecule has 0 aliphatic carbocycles. The molecule has 1 atom stereocenters. The molecule has 6 nitrogen and oxygen atoms in total. The zero-order valence-corrected chi connectivity index (χ0v) is 12.4. The molecule has 2 rings (SSSR count). The van der Waals surface area contributed by atoms with Crippen LogP contribution in [0.2, 0.25) is 0 Å². The topological polar surface area (TPSA) is 75.4 Å². The van der Waals surface area contributed by atoms with Crippen molar-refractivity contribution in [3.63, 3.8) is 0 Å². The first-order valence-corrected chi connectivity index (χ1v) is 6.83. The standard InChI is InChI=1S/C14H21N3O3/c1-9-11(10(2)20-16-9)12(18)17-7-5-6-14(3,8-17)13(19)15-4/h5-8H2,1-4H3,(H,15,19)/t14-/m0/s1. The number of hydrogen-bond donors (Lipinski definition) is 1. The van der Waals surface area contributed by atoms with Gasteiger partial charge in [0.2, 0.25) is 5.91 Å². The zero-order valence-electron chi connectivity index (χ0n) is 12.4. The molecule has 20 heavy (non-hydrogen) atoms. The lowest BCUT2D eigenvalue weighted by molar-refractivity contribution is -0.132. The van der Waals surface area contributed by atoms with Crippen molar-refractivity contribution < 1.29 is 14.1 Å². The summed E-state index contributed by atoms with van der Waals surface area (Å²) in [7, 11) is 1.63. The fourth-order valence-electron chi connectivity index (χ4n) is 2.85. The van der Waals surface area contributed by atoms with E-state index in [0.29, 0.717) is 30.1 Å². The second kappa shape index (κ2) is 5.26. The summed E-state index contributed by atoms with van der Waals surface area (Å²) >= 11 is 0. The van der Waals surface area contributed by atoms with E-state index in [-0.39, 0.29) is 11.8 Å². The molecule has 1 N–H and O–H groups in total. The van der Waals surface area contributed by atoms with E-state index in [0.717, 1.165) is 12.8 Å². The highest BCUT2D eigenvalue weighted by molar-refractivity contribution is 5.96. The van der Waals surface area contributed by atoms with Crippen LogP contribution in [0, 0.1) is 19.3 Å². The number of carbonyl (C=O) groups is 2. The monoisotopic (exact) mass is 279 g/mol. The predicted molar refractivity (Wildman–Crippen MR) is 73.3 cm³/mol. The number of aryl methyl sites for hydroxylation is 2. The third kappa shape index (κ3) is 2.42. The summed E-state index contributed by atoms with van der Waals surface area (Å²) in [6.07, 6.45) is 1.61. The quantitative estimate of drug-likeness (QED) is 0.885. The van der Waals surface area contributed by atoms with Crippen LogP contribution in [0.25, 0.3) is 0 Å². The Morgan fingerprint density at radius 3 is 2.65 bits per heavy atom. The van der Waals surface area contributed by atoms with Crippen molar-refractivity contribution in [2.75, 3.05) is 20.1 Å². The zero-order chi connectivity index (χ0) is 14.9. The molecule has 1 saturated heterocycles. The molecule has 6 heteroatoms. The molecule has 110 valence electrons. The van der Waals surface area contributed by atoms with Crippen LogP contribution in [0.15, 0.2) is 4.52 Å². The summed E-state index contributed by atoms with van der Waals surface area (Å²) in [5.41, 5.74) is 0.590. The minimum Gasteiger partial charge on any atom is -0.361 e. The van der Waals surface area contributed by atoms with Crippen molar-refractivity contribution in [1.82, 2.24) is 15.4 Å². The van der Waals surface area contributed by atoms with Crippen molar-refractivity contribution >= 4 is 11.8 Å². The summed E-state index contributed by atoms with van der Waals surface area (Å²) in [5, 5.41) is 6.50. The SMILES string of the molecule is CNC(=O)[C@@]1(C)CCCN(C(=O)c2c(C)noc2C)C1. The fraction of sp³-hybridized carbons (Fsp3) is 0.643. The number of hydrogen-bond acceptors (Lipinski definition) is 4. The Hall–Kier alpha value is -1.85. The van der Waals surface area contributed by atoms with Crippen LogP contribution < -0.4 is 5.32 Å². The molecule has 1 aromatic rings. The normalized spacial score (nSPS) is 22.7. The van der Waals surface area contributed by atoms with E-state index in [2.05, 4.69) is 10.5 Å². The third-order valence-electron chi connectivity index (χ3n) is 4.01. The van der Waals surface area contributed by atoms with Gasteiger partial charge in [-0.2, -0.15) is 0 Å². The summed E-state index contributed by atoms with van der Waals surface area (Å²) in [4.78, 5) is 26.3. The molecule has 0 saturated carbocycles. The Morgan fingerprint density at radius 2 is 2.10 bits per heavy atom. The second-order valence-electron chi connectivity index (χ2n) is 5.67. The summed E-state index contributed by atoms with van der Waals surface area (Å²) in [6, 6.07) is 0. The van der Waals surface area contributed by atoms with Crippen LogP contribution in [0.5, 0.6) is 0 Å². The molecule has 1 aliphatic rings. The van der Waals surface area contributed by atoms with E-state index in [9.17, 15) is 9.59 Å². The number of nitrogens with zero attached hydrogens (tertiary/aromatic N) is 2. The van der Waals surface area contributed by atoms with Crippen LogP contribution in [0.3, 0.4) is 0 Å². The van der Waals surface area contributed by atoms with Crippen molar-refractivity contribution in [1.29, 1.82) is 0 Å². The van der Waals surface area contributed by atoms with Gasteiger partial charge in [0.1, 0.15) is 11.3 Å². The lowest BCUT2D eigenvalue weighted by atomic mass is 9.80. The van der Waals surface area contributed by atoms with Gasteiger partial charge in [0.25, 0.3) is 5.91 Å². The molecule has 2 heterocycles. The van der Waals surface area contributed by atoms with Gasteiger partial charge in [-0.25, -0.2) is 0 Å². The molecule has 0 radical (unpaired) electrons. The van der Waals surface area contributed by atoms with E-state index >= 15 is 0 Å². The van der Waals surface area contributed by atoms with Crippen LogP contribution >= 0.6 is 0 Å². The molecule has 1 fully saturated rings. The molecule has 0 aromatic carbocycles. The number of amides is 2. The lowest BCUT2D eigenvalue weighted by Crippen LogP contribution is -2.51. The molecular formula is C14H21N3O3.